The maximum Gasteiger partial charge on any atom is 0.200 e. The van der Waals surface area contributed by atoms with Crippen molar-refractivity contribution >= 4 is 16.7 Å². The first kappa shape index (κ1) is 21.4. The van der Waals surface area contributed by atoms with Gasteiger partial charge >= 0.3 is 0 Å². The number of rotatable bonds is 6. The molecule has 1 saturated carbocycles. The Labute approximate surface area is 190 Å². The van der Waals surface area contributed by atoms with Gasteiger partial charge in [-0.2, -0.15) is 14.6 Å². The highest BCUT2D eigenvalue weighted by Crippen LogP contribution is 2.36. The number of aromatic nitrogens is 5. The molecule has 0 saturated heterocycles. The fourth-order valence-electron chi connectivity index (χ4n) is 4.51. The number of benzene rings is 1. The number of hydrogen-bond donors (Lipinski definition) is 1. The van der Waals surface area contributed by atoms with E-state index in [0.717, 1.165) is 66.3 Å². The number of halogens is 2. The van der Waals surface area contributed by atoms with E-state index in [2.05, 4.69) is 20.1 Å². The predicted octanol–water partition coefficient (Wildman–Crippen LogP) is 5.10. The van der Waals surface area contributed by atoms with Crippen molar-refractivity contribution in [2.45, 2.75) is 44.8 Å². The minimum atomic E-state index is -0.928. The number of fused-ring (bicyclic) bond motifs is 1. The highest BCUT2D eigenvalue weighted by Gasteiger charge is 2.27. The van der Waals surface area contributed by atoms with Gasteiger partial charge in [-0.25, -0.2) is 9.37 Å². The standard InChI is InChI=1S/C24H26F2N6O/c1-3-27-22-11-20-18(13-28-22)24(15-12-29-31(2)14-15)30-32(20)16-7-9-17(10-8-16)33-21-6-4-5-19(25)23(21)26/h4-6,11-14,16-17H,3,7-10H2,1-2H3,(H,27,28)/t16-,17+. The average molecular weight is 453 g/mol. The Morgan fingerprint density at radius 1 is 1.15 bits per heavy atom. The van der Waals surface area contributed by atoms with Crippen LogP contribution in [0.15, 0.2) is 42.9 Å². The van der Waals surface area contributed by atoms with Crippen molar-refractivity contribution in [3.05, 3.63) is 54.5 Å². The maximum absolute atomic E-state index is 14.0. The molecule has 1 fully saturated rings. The van der Waals surface area contributed by atoms with Crippen molar-refractivity contribution in [1.82, 2.24) is 24.5 Å². The molecule has 172 valence electrons. The average Bonchev–Trinajstić information content (AvgIpc) is 3.41. The molecule has 0 unspecified atom stereocenters. The number of nitrogens with zero attached hydrogens (tertiary/aromatic N) is 5. The first-order valence-electron chi connectivity index (χ1n) is 11.2. The van der Waals surface area contributed by atoms with Crippen LogP contribution in [0.2, 0.25) is 0 Å². The molecule has 1 N–H and O–H groups in total. The molecule has 4 aromatic rings. The monoisotopic (exact) mass is 452 g/mol. The molecular formula is C24H26F2N6O. The Morgan fingerprint density at radius 2 is 1.97 bits per heavy atom. The molecule has 0 radical (unpaired) electrons. The van der Waals surface area contributed by atoms with Crippen molar-refractivity contribution < 1.29 is 13.5 Å². The number of aryl methyl sites for hydroxylation is 1. The Bertz CT molecular complexity index is 1280. The first-order chi connectivity index (χ1) is 16.0. The molecule has 9 heteroatoms. The lowest BCUT2D eigenvalue weighted by atomic mass is 9.93. The van der Waals surface area contributed by atoms with E-state index in [-0.39, 0.29) is 17.9 Å². The van der Waals surface area contributed by atoms with Crippen LogP contribution in [-0.2, 0) is 7.05 Å². The van der Waals surface area contributed by atoms with E-state index in [4.69, 9.17) is 9.84 Å². The van der Waals surface area contributed by atoms with Gasteiger partial charge in [0.25, 0.3) is 0 Å². The topological polar surface area (TPSA) is 69.8 Å². The third kappa shape index (κ3) is 4.15. The van der Waals surface area contributed by atoms with Crippen molar-refractivity contribution in [1.29, 1.82) is 0 Å². The normalized spacial score (nSPS) is 18.5. The molecule has 3 heterocycles. The second-order valence-electron chi connectivity index (χ2n) is 8.41. The number of ether oxygens (including phenoxy) is 1. The van der Waals surface area contributed by atoms with E-state index >= 15 is 0 Å². The molecule has 0 spiro atoms. The van der Waals surface area contributed by atoms with E-state index in [0.29, 0.717) is 0 Å². The number of hydrogen-bond acceptors (Lipinski definition) is 5. The molecule has 33 heavy (non-hydrogen) atoms. The smallest absolute Gasteiger partial charge is 0.200 e. The van der Waals surface area contributed by atoms with Gasteiger partial charge in [-0.1, -0.05) is 6.07 Å². The number of anilines is 1. The van der Waals surface area contributed by atoms with Crippen LogP contribution in [0.3, 0.4) is 0 Å². The van der Waals surface area contributed by atoms with Gasteiger partial charge in [-0.05, 0) is 44.7 Å². The lowest BCUT2D eigenvalue weighted by Crippen LogP contribution is -2.26. The molecule has 1 aromatic carbocycles. The van der Waals surface area contributed by atoms with Crippen molar-refractivity contribution in [3.8, 4) is 17.0 Å². The van der Waals surface area contributed by atoms with Crippen molar-refractivity contribution in [3.63, 3.8) is 0 Å². The second-order valence-corrected chi connectivity index (χ2v) is 8.41. The summed E-state index contributed by atoms with van der Waals surface area (Å²) in [6, 6.07) is 6.24. The van der Waals surface area contributed by atoms with Gasteiger partial charge in [0.15, 0.2) is 11.6 Å². The molecule has 5 rings (SSSR count). The van der Waals surface area contributed by atoms with Crippen LogP contribution in [0.5, 0.6) is 5.75 Å². The van der Waals surface area contributed by atoms with Gasteiger partial charge in [0.2, 0.25) is 5.82 Å². The molecule has 7 nitrogen and oxygen atoms in total. The van der Waals surface area contributed by atoms with Crippen LogP contribution in [0.1, 0.15) is 38.6 Å². The molecule has 1 aliphatic carbocycles. The Hall–Kier alpha value is -3.49. The third-order valence-corrected chi connectivity index (χ3v) is 6.13. The first-order valence-corrected chi connectivity index (χ1v) is 11.2. The fourth-order valence-corrected chi connectivity index (χ4v) is 4.51. The minimum Gasteiger partial charge on any atom is -0.487 e. The zero-order valence-electron chi connectivity index (χ0n) is 18.6. The van der Waals surface area contributed by atoms with Gasteiger partial charge in [0, 0.05) is 43.0 Å². The van der Waals surface area contributed by atoms with Gasteiger partial charge < -0.3 is 10.1 Å². The summed E-state index contributed by atoms with van der Waals surface area (Å²) in [5.41, 5.74) is 2.81. The van der Waals surface area contributed by atoms with Crippen molar-refractivity contribution in [2.75, 3.05) is 11.9 Å². The van der Waals surface area contributed by atoms with E-state index < -0.39 is 11.6 Å². The third-order valence-electron chi connectivity index (χ3n) is 6.13. The molecule has 1 aliphatic rings. The molecule has 0 atom stereocenters. The Kier molecular flexibility index (Phi) is 5.70. The quantitative estimate of drug-likeness (QED) is 0.441. The summed E-state index contributed by atoms with van der Waals surface area (Å²) in [5.74, 6) is -1.04. The van der Waals surface area contributed by atoms with Gasteiger partial charge in [0.05, 0.1) is 23.9 Å². The molecule has 0 amide bonds. The molecule has 0 bridgehead atoms. The van der Waals surface area contributed by atoms with Gasteiger partial charge in [-0.15, -0.1) is 0 Å². The summed E-state index contributed by atoms with van der Waals surface area (Å²) in [5, 5.41) is 13.5. The van der Waals surface area contributed by atoms with Crippen LogP contribution in [0.25, 0.3) is 22.2 Å². The lowest BCUT2D eigenvalue weighted by molar-refractivity contribution is 0.125. The minimum absolute atomic E-state index is 0.0248. The largest absolute Gasteiger partial charge is 0.487 e. The number of pyridine rings is 1. The summed E-state index contributed by atoms with van der Waals surface area (Å²) in [7, 11) is 1.88. The summed E-state index contributed by atoms with van der Waals surface area (Å²) < 4.78 is 37.2. The predicted molar refractivity (Wildman–Crippen MR) is 122 cm³/mol. The summed E-state index contributed by atoms with van der Waals surface area (Å²) in [6.45, 7) is 2.81. The second kappa shape index (κ2) is 8.80. The fraction of sp³-hybridized carbons (Fsp3) is 0.375. The zero-order chi connectivity index (χ0) is 22.9. The molecular weight excluding hydrogens is 426 g/mol. The zero-order valence-corrected chi connectivity index (χ0v) is 18.6. The lowest BCUT2D eigenvalue weighted by Gasteiger charge is -2.29. The van der Waals surface area contributed by atoms with E-state index in [1.165, 1.54) is 12.1 Å². The highest BCUT2D eigenvalue weighted by molar-refractivity contribution is 5.93. The summed E-state index contributed by atoms with van der Waals surface area (Å²) in [4.78, 5) is 4.54. The van der Waals surface area contributed by atoms with E-state index in [9.17, 15) is 8.78 Å². The van der Waals surface area contributed by atoms with Gasteiger partial charge in [-0.3, -0.25) is 9.36 Å². The van der Waals surface area contributed by atoms with Crippen LogP contribution < -0.4 is 10.1 Å². The summed E-state index contributed by atoms with van der Waals surface area (Å²) >= 11 is 0. The Morgan fingerprint density at radius 3 is 2.70 bits per heavy atom. The highest BCUT2D eigenvalue weighted by atomic mass is 19.2. The van der Waals surface area contributed by atoms with Crippen LogP contribution in [0, 0.1) is 11.6 Å². The maximum atomic E-state index is 14.0. The van der Waals surface area contributed by atoms with E-state index in [1.807, 2.05) is 38.6 Å². The van der Waals surface area contributed by atoms with Gasteiger partial charge in [0.1, 0.15) is 11.5 Å². The number of nitrogens with one attached hydrogen (secondary N) is 1. The van der Waals surface area contributed by atoms with Crippen LogP contribution in [0.4, 0.5) is 14.6 Å². The summed E-state index contributed by atoms with van der Waals surface area (Å²) in [6.07, 6.45) is 8.57. The molecule has 0 aliphatic heterocycles. The van der Waals surface area contributed by atoms with Crippen molar-refractivity contribution in [2.24, 2.45) is 7.05 Å². The Balaban J connectivity index is 1.41. The SMILES string of the molecule is CCNc1cc2c(cn1)c(-c1cnn(C)c1)nn2[C@H]1CC[C@@H](Oc2cccc(F)c2F)CC1. The van der Waals surface area contributed by atoms with Crippen LogP contribution in [-0.4, -0.2) is 37.2 Å². The van der Waals surface area contributed by atoms with E-state index in [1.54, 1.807) is 4.68 Å². The van der Waals surface area contributed by atoms with Crippen LogP contribution >= 0.6 is 0 Å². The molecule has 3 aromatic heterocycles.